The Labute approximate surface area is 165 Å². The van der Waals surface area contributed by atoms with Crippen LogP contribution in [-0.2, 0) is 11.3 Å². The lowest BCUT2D eigenvalue weighted by Gasteiger charge is -2.31. The van der Waals surface area contributed by atoms with E-state index in [2.05, 4.69) is 23.2 Å². The van der Waals surface area contributed by atoms with Crippen LogP contribution in [0.2, 0.25) is 0 Å². The average molecular weight is 382 g/mol. The monoisotopic (exact) mass is 382 g/mol. The number of rotatable bonds is 4. The Hall–Kier alpha value is -2.73. The number of anilines is 1. The number of nitrogens with zero attached hydrogens (tertiary/aromatic N) is 1. The number of phenolic OH excluding ortho intramolecular Hbond substituents is 1. The van der Waals surface area contributed by atoms with E-state index in [1.807, 2.05) is 25.1 Å². The molecule has 28 heavy (non-hydrogen) atoms. The maximum atomic E-state index is 12.6. The molecule has 1 saturated heterocycles. The van der Waals surface area contributed by atoms with Crippen molar-refractivity contribution in [2.75, 3.05) is 25.2 Å². The molecule has 148 valence electrons. The van der Waals surface area contributed by atoms with E-state index in [1.165, 1.54) is 5.56 Å². The minimum Gasteiger partial charge on any atom is -0.508 e. The van der Waals surface area contributed by atoms with Crippen molar-refractivity contribution in [3.05, 3.63) is 47.0 Å². The molecule has 0 radical (unpaired) electrons. The number of ether oxygens (including phenoxy) is 2. The Morgan fingerprint density at radius 2 is 1.82 bits per heavy atom. The van der Waals surface area contributed by atoms with Gasteiger partial charge < -0.3 is 19.9 Å². The van der Waals surface area contributed by atoms with Gasteiger partial charge in [-0.3, -0.25) is 9.69 Å². The molecule has 6 nitrogen and oxygen atoms in total. The van der Waals surface area contributed by atoms with Crippen molar-refractivity contribution < 1.29 is 19.4 Å². The van der Waals surface area contributed by atoms with Crippen molar-refractivity contribution in [2.45, 2.75) is 33.2 Å². The van der Waals surface area contributed by atoms with E-state index in [-0.39, 0.29) is 18.6 Å². The fraction of sp³-hybridized carbons (Fsp3) is 0.409. The van der Waals surface area contributed by atoms with Crippen LogP contribution in [0.15, 0.2) is 30.3 Å². The Balaban J connectivity index is 1.31. The maximum Gasteiger partial charge on any atom is 0.231 e. The second kappa shape index (κ2) is 7.72. The van der Waals surface area contributed by atoms with Crippen molar-refractivity contribution in [2.24, 2.45) is 5.92 Å². The number of hydrogen-bond acceptors (Lipinski definition) is 5. The smallest absolute Gasteiger partial charge is 0.231 e. The van der Waals surface area contributed by atoms with Gasteiger partial charge in [0, 0.05) is 29.8 Å². The van der Waals surface area contributed by atoms with E-state index >= 15 is 0 Å². The highest BCUT2D eigenvalue weighted by molar-refractivity contribution is 5.93. The summed E-state index contributed by atoms with van der Waals surface area (Å²) in [6, 6.07) is 9.34. The van der Waals surface area contributed by atoms with Crippen LogP contribution in [-0.4, -0.2) is 35.8 Å². The zero-order valence-electron chi connectivity index (χ0n) is 16.3. The third kappa shape index (κ3) is 3.92. The second-order valence-electron chi connectivity index (χ2n) is 7.67. The SMILES string of the molecule is Cc1cc(O)c(CN2CCC(C(=O)Nc3ccc4c(c3)OCO4)CC2)cc1C. The summed E-state index contributed by atoms with van der Waals surface area (Å²) in [5, 5.41) is 13.2. The van der Waals surface area contributed by atoms with E-state index in [4.69, 9.17) is 9.47 Å². The quantitative estimate of drug-likeness (QED) is 0.846. The number of phenols is 1. The molecule has 0 aromatic heterocycles. The number of amides is 1. The van der Waals surface area contributed by atoms with Gasteiger partial charge in [0.25, 0.3) is 0 Å². The number of aromatic hydroxyl groups is 1. The number of carbonyl (C=O) groups is 1. The number of benzene rings is 2. The van der Waals surface area contributed by atoms with E-state index in [0.29, 0.717) is 23.8 Å². The summed E-state index contributed by atoms with van der Waals surface area (Å²) >= 11 is 0. The number of aryl methyl sites for hydroxylation is 2. The molecular weight excluding hydrogens is 356 g/mol. The summed E-state index contributed by atoms with van der Waals surface area (Å²) in [5.41, 5.74) is 3.97. The Kier molecular flexibility index (Phi) is 5.13. The molecule has 0 bridgehead atoms. The Morgan fingerprint density at radius 3 is 2.61 bits per heavy atom. The molecule has 6 heteroatoms. The highest BCUT2D eigenvalue weighted by atomic mass is 16.7. The van der Waals surface area contributed by atoms with Crippen molar-refractivity contribution in [1.82, 2.24) is 4.90 Å². The minimum atomic E-state index is -0.00461. The Bertz CT molecular complexity index is 888. The fourth-order valence-corrected chi connectivity index (χ4v) is 3.80. The maximum absolute atomic E-state index is 12.6. The summed E-state index contributed by atoms with van der Waals surface area (Å²) < 4.78 is 10.7. The summed E-state index contributed by atoms with van der Waals surface area (Å²) in [5.74, 6) is 1.77. The predicted octanol–water partition coefficient (Wildman–Crippen LogP) is 3.59. The molecule has 2 aliphatic rings. The number of hydrogen-bond donors (Lipinski definition) is 2. The zero-order chi connectivity index (χ0) is 19.7. The predicted molar refractivity (Wildman–Crippen MR) is 107 cm³/mol. The van der Waals surface area contributed by atoms with Gasteiger partial charge >= 0.3 is 0 Å². The van der Waals surface area contributed by atoms with Gasteiger partial charge in [0.1, 0.15) is 5.75 Å². The lowest BCUT2D eigenvalue weighted by molar-refractivity contribution is -0.121. The number of likely N-dealkylation sites (tertiary alicyclic amines) is 1. The van der Waals surface area contributed by atoms with Gasteiger partial charge in [-0.25, -0.2) is 0 Å². The van der Waals surface area contributed by atoms with Crippen LogP contribution in [0.1, 0.15) is 29.5 Å². The first-order valence-corrected chi connectivity index (χ1v) is 9.71. The Morgan fingerprint density at radius 1 is 1.11 bits per heavy atom. The largest absolute Gasteiger partial charge is 0.508 e. The van der Waals surface area contributed by atoms with E-state index in [1.54, 1.807) is 6.07 Å². The second-order valence-corrected chi connectivity index (χ2v) is 7.67. The molecule has 4 rings (SSSR count). The molecule has 2 aromatic rings. The minimum absolute atomic E-state index is 0.00461. The highest BCUT2D eigenvalue weighted by Gasteiger charge is 2.26. The van der Waals surface area contributed by atoms with Crippen LogP contribution in [0, 0.1) is 19.8 Å². The van der Waals surface area contributed by atoms with Crippen LogP contribution in [0.4, 0.5) is 5.69 Å². The van der Waals surface area contributed by atoms with Gasteiger partial charge in [0.05, 0.1) is 0 Å². The third-order valence-electron chi connectivity index (χ3n) is 5.69. The lowest BCUT2D eigenvalue weighted by atomic mass is 9.95. The topological polar surface area (TPSA) is 71.0 Å². The van der Waals surface area contributed by atoms with Crippen molar-refractivity contribution in [3.63, 3.8) is 0 Å². The van der Waals surface area contributed by atoms with E-state index < -0.39 is 0 Å². The van der Waals surface area contributed by atoms with Gasteiger partial charge in [-0.15, -0.1) is 0 Å². The van der Waals surface area contributed by atoms with Gasteiger partial charge in [0.15, 0.2) is 11.5 Å². The first-order chi connectivity index (χ1) is 13.5. The average Bonchev–Trinajstić information content (AvgIpc) is 3.14. The number of piperidine rings is 1. The molecule has 2 aromatic carbocycles. The van der Waals surface area contributed by atoms with Crippen LogP contribution in [0.3, 0.4) is 0 Å². The summed E-state index contributed by atoms with van der Waals surface area (Å²) in [4.78, 5) is 14.9. The molecule has 0 saturated carbocycles. The van der Waals surface area contributed by atoms with Gasteiger partial charge in [-0.05, 0) is 69.1 Å². The van der Waals surface area contributed by atoms with E-state index in [0.717, 1.165) is 42.7 Å². The van der Waals surface area contributed by atoms with Crippen LogP contribution in [0.25, 0.3) is 0 Å². The molecular formula is C22H26N2O4. The molecule has 2 N–H and O–H groups in total. The molecule has 0 spiro atoms. The summed E-state index contributed by atoms with van der Waals surface area (Å²) in [6.07, 6.45) is 1.62. The molecule has 1 fully saturated rings. The van der Waals surface area contributed by atoms with Gasteiger partial charge in [-0.1, -0.05) is 6.07 Å². The molecule has 2 aliphatic heterocycles. The summed E-state index contributed by atoms with van der Waals surface area (Å²) in [7, 11) is 0. The van der Waals surface area contributed by atoms with E-state index in [9.17, 15) is 9.90 Å². The molecule has 0 aliphatic carbocycles. The van der Waals surface area contributed by atoms with Crippen molar-refractivity contribution in [1.29, 1.82) is 0 Å². The molecule has 0 unspecified atom stereocenters. The van der Waals surface area contributed by atoms with Gasteiger partial charge in [-0.2, -0.15) is 0 Å². The molecule has 0 atom stereocenters. The molecule has 2 heterocycles. The molecule has 1 amide bonds. The first-order valence-electron chi connectivity index (χ1n) is 9.71. The van der Waals surface area contributed by atoms with Crippen LogP contribution < -0.4 is 14.8 Å². The third-order valence-corrected chi connectivity index (χ3v) is 5.69. The van der Waals surface area contributed by atoms with Gasteiger partial charge in [0.2, 0.25) is 12.7 Å². The number of nitrogens with one attached hydrogen (secondary N) is 1. The highest BCUT2D eigenvalue weighted by Crippen LogP contribution is 2.34. The van der Waals surface area contributed by atoms with Crippen molar-refractivity contribution >= 4 is 11.6 Å². The zero-order valence-corrected chi connectivity index (χ0v) is 16.3. The first kappa shape index (κ1) is 18.6. The number of carbonyl (C=O) groups excluding carboxylic acids is 1. The van der Waals surface area contributed by atoms with Crippen LogP contribution >= 0.6 is 0 Å². The summed E-state index contributed by atoms with van der Waals surface area (Å²) in [6.45, 7) is 6.68. The lowest BCUT2D eigenvalue weighted by Crippen LogP contribution is -2.37. The van der Waals surface area contributed by atoms with Crippen LogP contribution in [0.5, 0.6) is 17.2 Å². The number of fused-ring (bicyclic) bond motifs is 1. The van der Waals surface area contributed by atoms with Crippen molar-refractivity contribution in [3.8, 4) is 17.2 Å². The standard InChI is InChI=1S/C22H26N2O4/c1-14-9-17(19(25)10-15(14)2)12-24-7-5-16(6-8-24)22(26)23-18-3-4-20-21(11-18)28-13-27-20/h3-4,9-11,16,25H,5-8,12-13H2,1-2H3,(H,23,26). The fourth-order valence-electron chi connectivity index (χ4n) is 3.80. The normalized spacial score (nSPS) is 16.9.